The van der Waals surface area contributed by atoms with Crippen molar-refractivity contribution in [3.05, 3.63) is 93.0 Å². The summed E-state index contributed by atoms with van der Waals surface area (Å²) in [6.07, 6.45) is 1.90. The van der Waals surface area contributed by atoms with Crippen LogP contribution in [0, 0.1) is 0 Å². The average molecular weight is 496 g/mol. The number of aliphatic imine (C=N–C) groups is 1. The van der Waals surface area contributed by atoms with E-state index in [-0.39, 0.29) is 24.8 Å². The minimum absolute atomic E-state index is 0.0463. The molecule has 0 atom stereocenters. The van der Waals surface area contributed by atoms with Gasteiger partial charge in [0.15, 0.2) is 5.96 Å². The van der Waals surface area contributed by atoms with Crippen LogP contribution in [0.4, 0.5) is 0 Å². The number of pyridine rings is 1. The molecule has 9 heteroatoms. The van der Waals surface area contributed by atoms with Crippen molar-refractivity contribution in [1.29, 1.82) is 0 Å². The second kappa shape index (κ2) is 10.6. The van der Waals surface area contributed by atoms with Gasteiger partial charge in [-0.3, -0.25) is 15.1 Å². The van der Waals surface area contributed by atoms with Crippen molar-refractivity contribution in [2.75, 3.05) is 0 Å². The van der Waals surface area contributed by atoms with E-state index in [1.807, 2.05) is 60.0 Å². The Morgan fingerprint density at radius 2 is 1.67 bits per heavy atom. The number of aromatic nitrogens is 2. The van der Waals surface area contributed by atoms with Crippen molar-refractivity contribution >= 4 is 46.4 Å². The number of nitrogens with one attached hydrogen (secondary N) is 1. The number of guanidine groups is 1. The Hall–Kier alpha value is -3.26. The lowest BCUT2D eigenvalue weighted by molar-refractivity contribution is -0.119. The molecule has 0 bridgehead atoms. The smallest absolute Gasteiger partial charge is 0.232 e. The number of hydrogen-bond acceptors (Lipinski definition) is 5. The van der Waals surface area contributed by atoms with E-state index in [0.29, 0.717) is 15.7 Å². The molecule has 2 heterocycles. The van der Waals surface area contributed by atoms with E-state index in [1.54, 1.807) is 11.7 Å². The molecule has 4 aromatic rings. The lowest BCUT2D eigenvalue weighted by Gasteiger charge is -2.12. The summed E-state index contributed by atoms with van der Waals surface area (Å²) < 4.78 is 0. The molecule has 6 nitrogen and oxygen atoms in total. The van der Waals surface area contributed by atoms with Crippen LogP contribution in [0.1, 0.15) is 11.3 Å². The van der Waals surface area contributed by atoms with Gasteiger partial charge in [0.05, 0.1) is 29.9 Å². The number of benzene rings is 2. The molecule has 0 radical (unpaired) electrons. The van der Waals surface area contributed by atoms with Gasteiger partial charge in [0, 0.05) is 32.7 Å². The van der Waals surface area contributed by atoms with Gasteiger partial charge in [-0.1, -0.05) is 47.5 Å². The normalized spacial score (nSPS) is 11.4. The molecule has 2 aromatic carbocycles. The number of nitrogens with two attached hydrogens (primary N) is 1. The predicted octanol–water partition coefficient (Wildman–Crippen LogP) is 5.35. The third-order valence-electron chi connectivity index (χ3n) is 4.74. The molecule has 0 aliphatic carbocycles. The Labute approximate surface area is 205 Å². The molecular formula is C24H19Cl2N5OS. The van der Waals surface area contributed by atoms with Crippen molar-refractivity contribution < 1.29 is 4.79 Å². The van der Waals surface area contributed by atoms with Gasteiger partial charge in [0.25, 0.3) is 0 Å². The zero-order chi connectivity index (χ0) is 23.2. The van der Waals surface area contributed by atoms with Gasteiger partial charge in [0.1, 0.15) is 0 Å². The average Bonchev–Trinajstić information content (AvgIpc) is 3.31. The fraction of sp³-hybridized carbons (Fsp3) is 0.0833. The monoisotopic (exact) mass is 495 g/mol. The first-order chi connectivity index (χ1) is 16.0. The van der Waals surface area contributed by atoms with E-state index in [0.717, 1.165) is 27.9 Å². The van der Waals surface area contributed by atoms with E-state index < -0.39 is 0 Å². The van der Waals surface area contributed by atoms with Crippen LogP contribution >= 0.6 is 34.5 Å². The highest BCUT2D eigenvalue weighted by atomic mass is 35.5. The summed E-state index contributed by atoms with van der Waals surface area (Å²) in [7, 11) is 0. The van der Waals surface area contributed by atoms with Crippen LogP contribution in [0.2, 0.25) is 10.0 Å². The summed E-state index contributed by atoms with van der Waals surface area (Å²) in [5, 5.41) is 5.72. The van der Waals surface area contributed by atoms with Gasteiger partial charge in [-0.25, -0.2) is 9.98 Å². The summed E-state index contributed by atoms with van der Waals surface area (Å²) in [5.41, 5.74) is 12.8. The first-order valence-electron chi connectivity index (χ1n) is 9.95. The van der Waals surface area contributed by atoms with Crippen LogP contribution in [0.15, 0.2) is 76.7 Å². The van der Waals surface area contributed by atoms with Crippen LogP contribution < -0.4 is 11.1 Å². The van der Waals surface area contributed by atoms with Crippen LogP contribution in [0.3, 0.4) is 0 Å². The number of rotatable bonds is 6. The molecule has 1 amide bonds. The number of amides is 1. The Kier molecular flexibility index (Phi) is 7.34. The zero-order valence-electron chi connectivity index (χ0n) is 17.3. The summed E-state index contributed by atoms with van der Waals surface area (Å²) in [4.78, 5) is 25.2. The van der Waals surface area contributed by atoms with Crippen molar-refractivity contribution in [2.24, 2.45) is 10.7 Å². The lowest BCUT2D eigenvalue weighted by atomic mass is 9.98. The minimum Gasteiger partial charge on any atom is -0.370 e. The number of halogens is 2. The standard InChI is InChI=1S/C24H19Cl2N5OS/c25-18-5-1-16(2-6-18)21-9-15(11-28-23(21)17-3-7-19(26)8-4-17)12-29-24(27)31-22(32)10-20-13-33-14-30-20/h1-9,11,13-14H,10,12H2,(H3,27,29,31,32). The lowest BCUT2D eigenvalue weighted by Crippen LogP contribution is -2.37. The second-order valence-electron chi connectivity index (χ2n) is 7.16. The molecule has 0 aliphatic rings. The highest BCUT2D eigenvalue weighted by Crippen LogP contribution is 2.32. The van der Waals surface area contributed by atoms with Gasteiger partial charge in [0.2, 0.25) is 5.91 Å². The van der Waals surface area contributed by atoms with Gasteiger partial charge in [-0.2, -0.15) is 0 Å². The summed E-state index contributed by atoms with van der Waals surface area (Å²) in [6.45, 7) is 0.261. The van der Waals surface area contributed by atoms with Crippen LogP contribution in [0.25, 0.3) is 22.4 Å². The van der Waals surface area contributed by atoms with Gasteiger partial charge >= 0.3 is 0 Å². The summed E-state index contributed by atoms with van der Waals surface area (Å²) in [5.74, 6) is -0.217. The first-order valence-corrected chi connectivity index (χ1v) is 11.7. The Balaban J connectivity index is 1.56. The molecule has 166 valence electrons. The molecular weight excluding hydrogens is 477 g/mol. The number of hydrogen-bond donors (Lipinski definition) is 2. The third-order valence-corrected chi connectivity index (χ3v) is 5.88. The fourth-order valence-electron chi connectivity index (χ4n) is 3.17. The SMILES string of the molecule is NC(=NCc1cnc(-c2ccc(Cl)cc2)c(-c2ccc(Cl)cc2)c1)NC(=O)Cc1cscn1. The molecule has 0 saturated carbocycles. The molecule has 0 spiro atoms. The topological polar surface area (TPSA) is 93.3 Å². The van der Waals surface area contributed by atoms with Gasteiger partial charge in [-0.05, 0) is 41.5 Å². The van der Waals surface area contributed by atoms with Gasteiger partial charge < -0.3 is 5.73 Å². The molecule has 4 rings (SSSR count). The Morgan fingerprint density at radius 1 is 1.00 bits per heavy atom. The number of nitrogens with zero attached hydrogens (tertiary/aromatic N) is 3. The summed E-state index contributed by atoms with van der Waals surface area (Å²) in [6, 6.07) is 17.1. The number of thiazole rings is 1. The van der Waals surface area contributed by atoms with E-state index >= 15 is 0 Å². The van der Waals surface area contributed by atoms with E-state index in [1.165, 1.54) is 11.3 Å². The third kappa shape index (κ3) is 6.16. The zero-order valence-corrected chi connectivity index (χ0v) is 19.7. The maximum atomic E-state index is 12.1. The minimum atomic E-state index is -0.264. The van der Waals surface area contributed by atoms with Crippen LogP contribution in [-0.4, -0.2) is 21.8 Å². The highest BCUT2D eigenvalue weighted by Gasteiger charge is 2.12. The molecule has 0 saturated heterocycles. The number of carbonyl (C=O) groups excluding carboxylic acids is 1. The first kappa shape index (κ1) is 22.9. The predicted molar refractivity (Wildman–Crippen MR) is 134 cm³/mol. The van der Waals surface area contributed by atoms with Crippen molar-refractivity contribution in [3.63, 3.8) is 0 Å². The maximum absolute atomic E-state index is 12.1. The molecule has 0 fully saturated rings. The number of carbonyl (C=O) groups is 1. The van der Waals surface area contributed by atoms with Crippen molar-refractivity contribution in [3.8, 4) is 22.4 Å². The summed E-state index contributed by atoms with van der Waals surface area (Å²) >= 11 is 13.6. The molecule has 3 N–H and O–H groups in total. The largest absolute Gasteiger partial charge is 0.370 e. The van der Waals surface area contributed by atoms with Crippen LogP contribution in [-0.2, 0) is 17.8 Å². The van der Waals surface area contributed by atoms with E-state index in [4.69, 9.17) is 28.9 Å². The molecule has 0 aliphatic heterocycles. The Morgan fingerprint density at radius 3 is 2.30 bits per heavy atom. The molecule has 2 aromatic heterocycles. The van der Waals surface area contributed by atoms with Crippen molar-refractivity contribution in [2.45, 2.75) is 13.0 Å². The molecule has 33 heavy (non-hydrogen) atoms. The van der Waals surface area contributed by atoms with Crippen molar-refractivity contribution in [1.82, 2.24) is 15.3 Å². The maximum Gasteiger partial charge on any atom is 0.232 e. The van der Waals surface area contributed by atoms with E-state index in [9.17, 15) is 4.79 Å². The quantitative estimate of drug-likeness (QED) is 0.278. The fourth-order valence-corrected chi connectivity index (χ4v) is 3.98. The highest BCUT2D eigenvalue weighted by molar-refractivity contribution is 7.07. The van der Waals surface area contributed by atoms with Crippen LogP contribution in [0.5, 0.6) is 0 Å². The van der Waals surface area contributed by atoms with Gasteiger partial charge in [-0.15, -0.1) is 11.3 Å². The Bertz CT molecular complexity index is 1270. The second-order valence-corrected chi connectivity index (χ2v) is 8.75. The molecule has 0 unspecified atom stereocenters. The van der Waals surface area contributed by atoms with E-state index in [2.05, 4.69) is 20.3 Å².